The lowest BCUT2D eigenvalue weighted by Gasteiger charge is -2.27. The van der Waals surface area contributed by atoms with Crippen molar-refractivity contribution >= 4 is 17.9 Å². The van der Waals surface area contributed by atoms with Gasteiger partial charge in [-0.2, -0.15) is 0 Å². The van der Waals surface area contributed by atoms with Crippen LogP contribution in [-0.2, 0) is 14.3 Å². The van der Waals surface area contributed by atoms with Crippen molar-refractivity contribution in [3.63, 3.8) is 0 Å². The number of carbonyl (C=O) groups is 3. The molecule has 0 aromatic rings. The van der Waals surface area contributed by atoms with E-state index in [1.165, 1.54) is 16.9 Å². The Morgan fingerprint density at radius 3 is 2.89 bits per heavy atom. The first-order valence-electron chi connectivity index (χ1n) is 6.06. The van der Waals surface area contributed by atoms with E-state index in [0.717, 1.165) is 0 Å². The molecule has 108 valence electrons. The third-order valence-electron chi connectivity index (χ3n) is 2.69. The highest BCUT2D eigenvalue weighted by Gasteiger charge is 2.25. The summed E-state index contributed by atoms with van der Waals surface area (Å²) < 4.78 is 4.85. The first-order chi connectivity index (χ1) is 9.04. The predicted molar refractivity (Wildman–Crippen MR) is 65.7 cm³/mol. The molecular weight excluding hydrogens is 254 g/mol. The lowest BCUT2D eigenvalue weighted by atomic mass is 10.4. The molecule has 8 heteroatoms. The second-order valence-electron chi connectivity index (χ2n) is 4.22. The van der Waals surface area contributed by atoms with Crippen LogP contribution in [0.2, 0.25) is 0 Å². The molecule has 0 aromatic heterocycles. The Kier molecular flexibility index (Phi) is 6.07. The number of carboxylic acid groups (broad SMARTS) is 1. The molecule has 0 aromatic carbocycles. The van der Waals surface area contributed by atoms with E-state index in [9.17, 15) is 14.4 Å². The van der Waals surface area contributed by atoms with Crippen molar-refractivity contribution in [2.45, 2.75) is 6.42 Å². The van der Waals surface area contributed by atoms with Crippen LogP contribution < -0.4 is 5.32 Å². The number of nitrogens with one attached hydrogen (secondary N) is 1. The third kappa shape index (κ3) is 5.12. The van der Waals surface area contributed by atoms with E-state index in [1.54, 1.807) is 0 Å². The van der Waals surface area contributed by atoms with Crippen molar-refractivity contribution in [2.24, 2.45) is 0 Å². The number of urea groups is 1. The number of aliphatic carboxylic acids is 1. The minimum absolute atomic E-state index is 0.0397. The van der Waals surface area contributed by atoms with E-state index in [4.69, 9.17) is 9.84 Å². The second kappa shape index (κ2) is 7.57. The van der Waals surface area contributed by atoms with Gasteiger partial charge in [-0.25, -0.2) is 4.79 Å². The summed E-state index contributed by atoms with van der Waals surface area (Å²) >= 11 is 0. The highest BCUT2D eigenvalue weighted by Crippen LogP contribution is 2.03. The van der Waals surface area contributed by atoms with Crippen LogP contribution in [0.5, 0.6) is 0 Å². The van der Waals surface area contributed by atoms with Gasteiger partial charge in [-0.3, -0.25) is 9.59 Å². The molecule has 0 unspecified atom stereocenters. The number of carboxylic acids is 1. The molecule has 1 aliphatic rings. The van der Waals surface area contributed by atoms with E-state index in [-0.39, 0.29) is 25.6 Å². The molecule has 3 amide bonds. The van der Waals surface area contributed by atoms with Gasteiger partial charge in [0.25, 0.3) is 0 Å². The summed E-state index contributed by atoms with van der Waals surface area (Å²) in [5.74, 6) is -1.32. The van der Waals surface area contributed by atoms with Crippen molar-refractivity contribution in [3.05, 3.63) is 0 Å². The van der Waals surface area contributed by atoms with Gasteiger partial charge in [0.2, 0.25) is 5.91 Å². The maximum absolute atomic E-state index is 12.2. The lowest BCUT2D eigenvalue weighted by molar-refractivity contribution is -0.137. The maximum Gasteiger partial charge on any atom is 0.323 e. The van der Waals surface area contributed by atoms with Crippen LogP contribution in [0.25, 0.3) is 0 Å². The largest absolute Gasteiger partial charge is 0.480 e. The highest BCUT2D eigenvalue weighted by atomic mass is 16.5. The molecule has 1 rings (SSSR count). The van der Waals surface area contributed by atoms with E-state index in [0.29, 0.717) is 19.5 Å². The number of carbonyl (C=O) groups excluding carboxylic acids is 2. The summed E-state index contributed by atoms with van der Waals surface area (Å²) in [6, 6.07) is -0.448. The van der Waals surface area contributed by atoms with Crippen molar-refractivity contribution in [1.82, 2.24) is 15.1 Å². The van der Waals surface area contributed by atoms with Gasteiger partial charge in [0.15, 0.2) is 0 Å². The molecule has 0 aliphatic carbocycles. The summed E-state index contributed by atoms with van der Waals surface area (Å²) in [6.45, 7) is 0.946. The van der Waals surface area contributed by atoms with E-state index in [1.807, 2.05) is 0 Å². The van der Waals surface area contributed by atoms with Gasteiger partial charge >= 0.3 is 12.0 Å². The van der Waals surface area contributed by atoms with Crippen LogP contribution in [0.3, 0.4) is 0 Å². The predicted octanol–water partition coefficient (Wildman–Crippen LogP) is -1.04. The first kappa shape index (κ1) is 15.2. The number of rotatable bonds is 5. The van der Waals surface area contributed by atoms with Gasteiger partial charge in [-0.15, -0.1) is 0 Å². The summed E-state index contributed by atoms with van der Waals surface area (Å²) in [6.07, 6.45) is 0.655. The van der Waals surface area contributed by atoms with Gasteiger partial charge in [0, 0.05) is 26.7 Å². The summed E-state index contributed by atoms with van der Waals surface area (Å²) in [7, 11) is 1.48. The number of amides is 3. The minimum Gasteiger partial charge on any atom is -0.480 e. The summed E-state index contributed by atoms with van der Waals surface area (Å²) in [5.41, 5.74) is 0. The Morgan fingerprint density at radius 2 is 2.26 bits per heavy atom. The normalized spacial score (nSPS) is 15.6. The van der Waals surface area contributed by atoms with Crippen molar-refractivity contribution in [1.29, 1.82) is 0 Å². The highest BCUT2D eigenvalue weighted by molar-refractivity contribution is 5.86. The monoisotopic (exact) mass is 273 g/mol. The topological polar surface area (TPSA) is 99.2 Å². The van der Waals surface area contributed by atoms with Crippen molar-refractivity contribution in [3.8, 4) is 0 Å². The zero-order valence-corrected chi connectivity index (χ0v) is 10.9. The molecule has 0 radical (unpaired) electrons. The quantitative estimate of drug-likeness (QED) is 0.666. The fraction of sp³-hybridized carbons (Fsp3) is 0.727. The second-order valence-corrected chi connectivity index (χ2v) is 4.22. The number of methoxy groups -OCH3 is 1. The summed E-state index contributed by atoms with van der Waals surface area (Å²) in [4.78, 5) is 36.9. The number of hydrogen-bond acceptors (Lipinski definition) is 4. The molecule has 1 heterocycles. The van der Waals surface area contributed by atoms with Gasteiger partial charge < -0.3 is 25.0 Å². The van der Waals surface area contributed by atoms with Gasteiger partial charge in [0.05, 0.1) is 6.61 Å². The van der Waals surface area contributed by atoms with E-state index >= 15 is 0 Å². The molecule has 0 spiro atoms. The molecule has 1 aliphatic heterocycles. The van der Waals surface area contributed by atoms with Crippen LogP contribution in [-0.4, -0.2) is 79.3 Å². The Balaban J connectivity index is 2.66. The van der Waals surface area contributed by atoms with Gasteiger partial charge in [-0.05, 0) is 6.42 Å². The van der Waals surface area contributed by atoms with Crippen LogP contribution >= 0.6 is 0 Å². The average Bonchev–Trinajstić information content (AvgIpc) is 2.58. The molecule has 0 bridgehead atoms. The van der Waals surface area contributed by atoms with E-state index in [2.05, 4.69) is 5.32 Å². The SMILES string of the molecule is COCCN(CC(=O)O)C(=O)N1CCCNC(=O)C1. The van der Waals surface area contributed by atoms with Crippen LogP contribution in [0.4, 0.5) is 4.79 Å². The lowest BCUT2D eigenvalue weighted by Crippen LogP contribution is -2.48. The zero-order valence-electron chi connectivity index (χ0n) is 10.9. The van der Waals surface area contributed by atoms with Gasteiger partial charge in [0.1, 0.15) is 13.1 Å². The molecule has 0 saturated carbocycles. The Morgan fingerprint density at radius 1 is 1.53 bits per heavy atom. The Labute approximate surface area is 111 Å². The molecule has 1 saturated heterocycles. The maximum atomic E-state index is 12.2. The molecular formula is C11H19N3O5. The molecule has 8 nitrogen and oxygen atoms in total. The average molecular weight is 273 g/mol. The molecule has 0 atom stereocenters. The fourth-order valence-electron chi connectivity index (χ4n) is 1.78. The van der Waals surface area contributed by atoms with Crippen LogP contribution in [0.1, 0.15) is 6.42 Å². The Hall–Kier alpha value is -1.83. The Bertz CT molecular complexity index is 347. The number of ether oxygens (including phenoxy) is 1. The van der Waals surface area contributed by atoms with E-state index < -0.39 is 18.5 Å². The molecule has 2 N–H and O–H groups in total. The fourth-order valence-corrected chi connectivity index (χ4v) is 1.78. The standard InChI is InChI=1S/C11H19N3O5/c1-19-6-5-14(8-10(16)17)11(18)13-4-2-3-12-9(15)7-13/h2-8H2,1H3,(H,12,15)(H,16,17). The smallest absolute Gasteiger partial charge is 0.323 e. The van der Waals surface area contributed by atoms with Crippen LogP contribution in [0, 0.1) is 0 Å². The van der Waals surface area contributed by atoms with Crippen LogP contribution in [0.15, 0.2) is 0 Å². The summed E-state index contributed by atoms with van der Waals surface area (Å²) in [5, 5.41) is 11.5. The molecule has 1 fully saturated rings. The van der Waals surface area contributed by atoms with Gasteiger partial charge in [-0.1, -0.05) is 0 Å². The minimum atomic E-state index is -1.09. The van der Waals surface area contributed by atoms with Crippen molar-refractivity contribution < 1.29 is 24.2 Å². The number of nitrogens with zero attached hydrogens (tertiary/aromatic N) is 2. The zero-order chi connectivity index (χ0) is 14.3. The van der Waals surface area contributed by atoms with Crippen molar-refractivity contribution in [2.75, 3.05) is 46.4 Å². The number of hydrogen-bond donors (Lipinski definition) is 2. The molecule has 19 heavy (non-hydrogen) atoms. The third-order valence-corrected chi connectivity index (χ3v) is 2.69. The first-order valence-corrected chi connectivity index (χ1v) is 6.06.